The molecule has 2 nitrogen and oxygen atoms in total. The number of hydrogen-bond donors (Lipinski definition) is 0. The van der Waals surface area contributed by atoms with Crippen molar-refractivity contribution >= 4 is 5.97 Å². The van der Waals surface area contributed by atoms with Crippen LogP contribution in [0.1, 0.15) is 97.8 Å². The Balaban J connectivity index is 3.13. The van der Waals surface area contributed by atoms with E-state index in [-0.39, 0.29) is 11.9 Å². The summed E-state index contributed by atoms with van der Waals surface area (Å²) < 4.78 is 5.25. The van der Waals surface area contributed by atoms with Gasteiger partial charge in [0.15, 0.2) is 0 Å². The molecule has 0 aromatic carbocycles. The first-order valence-corrected chi connectivity index (χ1v) is 9.50. The maximum Gasteiger partial charge on any atom is 0.308 e. The Bertz CT molecular complexity index is 271. The SMILES string of the molecule is CC=CCCCCCCCCCCCCOC(=O)C(C)CC. The van der Waals surface area contributed by atoms with Crippen LogP contribution in [0.25, 0.3) is 0 Å². The van der Waals surface area contributed by atoms with E-state index in [2.05, 4.69) is 19.1 Å². The minimum atomic E-state index is -0.0306. The molecule has 1 unspecified atom stereocenters. The molecule has 0 spiro atoms. The highest BCUT2D eigenvalue weighted by molar-refractivity contribution is 5.71. The fourth-order valence-electron chi connectivity index (χ4n) is 2.43. The molecule has 0 fully saturated rings. The third-order valence-corrected chi connectivity index (χ3v) is 4.26. The standard InChI is InChI=1S/C20H38O2/c1-4-6-7-8-9-10-11-12-13-14-15-16-17-18-22-20(21)19(3)5-2/h4,6,19H,5,7-18H2,1-3H3. The van der Waals surface area contributed by atoms with E-state index in [0.717, 1.165) is 12.8 Å². The van der Waals surface area contributed by atoms with Gasteiger partial charge in [0.05, 0.1) is 12.5 Å². The molecule has 0 aromatic rings. The van der Waals surface area contributed by atoms with E-state index in [1.54, 1.807) is 0 Å². The summed E-state index contributed by atoms with van der Waals surface area (Å²) >= 11 is 0. The van der Waals surface area contributed by atoms with E-state index in [9.17, 15) is 4.79 Å². The second-order valence-electron chi connectivity index (χ2n) is 6.37. The fraction of sp³-hybridized carbons (Fsp3) is 0.850. The predicted molar refractivity (Wildman–Crippen MR) is 96.0 cm³/mol. The van der Waals surface area contributed by atoms with Crippen molar-refractivity contribution in [2.45, 2.75) is 97.8 Å². The van der Waals surface area contributed by atoms with Gasteiger partial charge < -0.3 is 4.74 Å². The van der Waals surface area contributed by atoms with Crippen molar-refractivity contribution in [3.63, 3.8) is 0 Å². The van der Waals surface area contributed by atoms with Crippen LogP contribution < -0.4 is 0 Å². The van der Waals surface area contributed by atoms with Crippen molar-refractivity contribution in [1.82, 2.24) is 0 Å². The van der Waals surface area contributed by atoms with Gasteiger partial charge in [0.25, 0.3) is 0 Å². The second-order valence-corrected chi connectivity index (χ2v) is 6.37. The molecule has 0 aliphatic carbocycles. The van der Waals surface area contributed by atoms with Crippen molar-refractivity contribution in [3.05, 3.63) is 12.2 Å². The molecular weight excluding hydrogens is 272 g/mol. The van der Waals surface area contributed by atoms with Crippen LogP contribution in [0.5, 0.6) is 0 Å². The third kappa shape index (κ3) is 14.2. The minimum Gasteiger partial charge on any atom is -0.465 e. The maximum atomic E-state index is 11.5. The summed E-state index contributed by atoms with van der Waals surface area (Å²) in [6, 6.07) is 0. The first-order chi connectivity index (χ1) is 10.7. The van der Waals surface area contributed by atoms with Gasteiger partial charge >= 0.3 is 5.97 Å². The van der Waals surface area contributed by atoms with Gasteiger partial charge in [-0.1, -0.05) is 77.4 Å². The summed E-state index contributed by atoms with van der Waals surface area (Å²) in [5.74, 6) is 0.0231. The van der Waals surface area contributed by atoms with Crippen LogP contribution in [0.2, 0.25) is 0 Å². The van der Waals surface area contributed by atoms with E-state index < -0.39 is 0 Å². The van der Waals surface area contributed by atoms with Crippen LogP contribution in [-0.4, -0.2) is 12.6 Å². The molecule has 0 aliphatic rings. The number of ether oxygens (including phenoxy) is 1. The van der Waals surface area contributed by atoms with Crippen LogP contribution >= 0.6 is 0 Å². The Labute approximate surface area is 138 Å². The number of esters is 1. The van der Waals surface area contributed by atoms with Gasteiger partial charge in [-0.15, -0.1) is 0 Å². The summed E-state index contributed by atoms with van der Waals surface area (Å²) in [6.45, 7) is 6.65. The molecule has 0 amide bonds. The van der Waals surface area contributed by atoms with E-state index in [4.69, 9.17) is 4.74 Å². The van der Waals surface area contributed by atoms with E-state index >= 15 is 0 Å². The van der Waals surface area contributed by atoms with Crippen LogP contribution in [0.15, 0.2) is 12.2 Å². The van der Waals surface area contributed by atoms with Gasteiger partial charge in [0, 0.05) is 0 Å². The number of rotatable bonds is 15. The Kier molecular flexibility index (Phi) is 16.0. The zero-order valence-corrected chi connectivity index (χ0v) is 15.2. The van der Waals surface area contributed by atoms with Gasteiger partial charge in [-0.3, -0.25) is 4.79 Å². The molecule has 0 saturated carbocycles. The second kappa shape index (κ2) is 16.6. The van der Waals surface area contributed by atoms with Gasteiger partial charge in [0.1, 0.15) is 0 Å². The highest BCUT2D eigenvalue weighted by Gasteiger charge is 2.10. The van der Waals surface area contributed by atoms with Crippen LogP contribution in [-0.2, 0) is 9.53 Å². The van der Waals surface area contributed by atoms with E-state index in [1.165, 1.54) is 64.2 Å². The van der Waals surface area contributed by atoms with E-state index in [0.29, 0.717) is 6.61 Å². The summed E-state index contributed by atoms with van der Waals surface area (Å²) in [6.07, 6.45) is 19.6. The summed E-state index contributed by atoms with van der Waals surface area (Å²) in [4.78, 5) is 11.5. The lowest BCUT2D eigenvalue weighted by molar-refractivity contribution is -0.148. The Morgan fingerprint density at radius 2 is 1.41 bits per heavy atom. The Hall–Kier alpha value is -0.790. The molecule has 0 saturated heterocycles. The molecule has 0 rings (SSSR count). The van der Waals surface area contributed by atoms with Crippen LogP contribution in [0.3, 0.4) is 0 Å². The third-order valence-electron chi connectivity index (χ3n) is 4.26. The number of carbonyl (C=O) groups excluding carboxylic acids is 1. The van der Waals surface area contributed by atoms with Gasteiger partial charge in [-0.05, 0) is 32.6 Å². The van der Waals surface area contributed by atoms with Crippen molar-refractivity contribution in [3.8, 4) is 0 Å². The molecule has 130 valence electrons. The number of allylic oxidation sites excluding steroid dienone is 2. The first-order valence-electron chi connectivity index (χ1n) is 9.50. The average Bonchev–Trinajstić information content (AvgIpc) is 2.54. The zero-order chi connectivity index (χ0) is 16.5. The van der Waals surface area contributed by atoms with Crippen LogP contribution in [0.4, 0.5) is 0 Å². The first kappa shape index (κ1) is 21.2. The lowest BCUT2D eigenvalue weighted by Crippen LogP contribution is -2.14. The molecular formula is C20H38O2. The number of unbranched alkanes of at least 4 members (excludes halogenated alkanes) is 10. The van der Waals surface area contributed by atoms with Crippen LogP contribution in [0, 0.1) is 5.92 Å². The normalized spacial score (nSPS) is 12.7. The molecule has 0 bridgehead atoms. The Morgan fingerprint density at radius 1 is 0.909 bits per heavy atom. The van der Waals surface area contributed by atoms with Gasteiger partial charge in [-0.25, -0.2) is 0 Å². The number of carbonyl (C=O) groups is 1. The van der Waals surface area contributed by atoms with Crippen molar-refractivity contribution < 1.29 is 9.53 Å². The Morgan fingerprint density at radius 3 is 1.91 bits per heavy atom. The summed E-state index contributed by atoms with van der Waals surface area (Å²) in [5.41, 5.74) is 0. The quantitative estimate of drug-likeness (QED) is 0.197. The lowest BCUT2D eigenvalue weighted by atomic mass is 10.1. The molecule has 0 aliphatic heterocycles. The van der Waals surface area contributed by atoms with Crippen molar-refractivity contribution in [2.75, 3.05) is 6.61 Å². The monoisotopic (exact) mass is 310 g/mol. The molecule has 0 radical (unpaired) electrons. The predicted octanol–water partition coefficient (Wildman–Crippen LogP) is 6.44. The highest BCUT2D eigenvalue weighted by Crippen LogP contribution is 2.12. The highest BCUT2D eigenvalue weighted by atomic mass is 16.5. The molecule has 0 heterocycles. The molecule has 0 N–H and O–H groups in total. The average molecular weight is 311 g/mol. The van der Waals surface area contributed by atoms with Crippen molar-refractivity contribution in [2.24, 2.45) is 5.92 Å². The zero-order valence-electron chi connectivity index (χ0n) is 15.2. The minimum absolute atomic E-state index is 0.0306. The largest absolute Gasteiger partial charge is 0.465 e. The summed E-state index contributed by atoms with van der Waals surface area (Å²) in [5, 5.41) is 0. The lowest BCUT2D eigenvalue weighted by Gasteiger charge is -2.08. The molecule has 1 atom stereocenters. The summed E-state index contributed by atoms with van der Waals surface area (Å²) in [7, 11) is 0. The topological polar surface area (TPSA) is 26.3 Å². The van der Waals surface area contributed by atoms with Crippen molar-refractivity contribution in [1.29, 1.82) is 0 Å². The molecule has 0 aromatic heterocycles. The smallest absolute Gasteiger partial charge is 0.308 e. The van der Waals surface area contributed by atoms with Gasteiger partial charge in [0.2, 0.25) is 0 Å². The molecule has 22 heavy (non-hydrogen) atoms. The fourth-order valence-corrected chi connectivity index (χ4v) is 2.43. The number of hydrogen-bond acceptors (Lipinski definition) is 2. The van der Waals surface area contributed by atoms with Gasteiger partial charge in [-0.2, -0.15) is 0 Å². The molecule has 2 heteroatoms. The maximum absolute atomic E-state index is 11.5. The van der Waals surface area contributed by atoms with E-state index in [1.807, 2.05) is 13.8 Å².